The first-order valence-corrected chi connectivity index (χ1v) is 7.09. The van der Waals surface area contributed by atoms with Crippen molar-refractivity contribution in [3.8, 4) is 11.8 Å². The van der Waals surface area contributed by atoms with Gasteiger partial charge in [-0.05, 0) is 35.9 Å². The van der Waals surface area contributed by atoms with Gasteiger partial charge < -0.3 is 9.84 Å². The van der Waals surface area contributed by atoms with Gasteiger partial charge in [0.2, 0.25) is 0 Å². The number of halogens is 1. The van der Waals surface area contributed by atoms with Crippen LogP contribution >= 0.6 is 11.6 Å². The molecule has 0 radical (unpaired) electrons. The van der Waals surface area contributed by atoms with Gasteiger partial charge in [0, 0.05) is 11.4 Å². The van der Waals surface area contributed by atoms with Crippen LogP contribution in [0.3, 0.4) is 0 Å². The van der Waals surface area contributed by atoms with E-state index in [4.69, 9.17) is 21.4 Å². The van der Waals surface area contributed by atoms with Crippen LogP contribution in [0.25, 0.3) is 0 Å². The molecular formula is C17H14ClNO3. The van der Waals surface area contributed by atoms with Gasteiger partial charge in [-0.25, -0.2) is 4.79 Å². The molecule has 1 atom stereocenters. The van der Waals surface area contributed by atoms with Gasteiger partial charge in [0.05, 0.1) is 24.2 Å². The summed E-state index contributed by atoms with van der Waals surface area (Å²) in [6.07, 6.45) is 0.509. The quantitative estimate of drug-likeness (QED) is 0.870. The molecule has 0 amide bonds. The lowest BCUT2D eigenvalue weighted by molar-refractivity contribution is 0.0697. The Balaban J connectivity index is 1.95. The number of hydrogen-bond acceptors (Lipinski definition) is 3. The lowest BCUT2D eigenvalue weighted by Gasteiger charge is -2.11. The van der Waals surface area contributed by atoms with Crippen LogP contribution < -0.4 is 4.74 Å². The highest BCUT2D eigenvalue weighted by atomic mass is 35.5. The minimum atomic E-state index is -0.982. The zero-order valence-electron chi connectivity index (χ0n) is 11.7. The summed E-state index contributed by atoms with van der Waals surface area (Å²) >= 11 is 5.87. The molecule has 1 N–H and O–H groups in total. The van der Waals surface area contributed by atoms with Crippen molar-refractivity contribution in [3.63, 3.8) is 0 Å². The normalized spacial score (nSPS) is 11.5. The molecule has 22 heavy (non-hydrogen) atoms. The number of nitrogens with zero attached hydrogens (tertiary/aromatic N) is 1. The van der Waals surface area contributed by atoms with Crippen LogP contribution in [0.4, 0.5) is 0 Å². The fraction of sp³-hybridized carbons (Fsp3) is 0.176. The van der Waals surface area contributed by atoms with Crippen molar-refractivity contribution in [1.82, 2.24) is 0 Å². The second-order valence-corrected chi connectivity index (χ2v) is 5.14. The molecule has 4 nitrogen and oxygen atoms in total. The Labute approximate surface area is 133 Å². The maximum absolute atomic E-state index is 10.8. The lowest BCUT2D eigenvalue weighted by Crippen LogP contribution is -2.05. The Morgan fingerprint density at radius 2 is 2.00 bits per heavy atom. The molecule has 5 heteroatoms. The number of benzene rings is 2. The van der Waals surface area contributed by atoms with Crippen LogP contribution in [0.15, 0.2) is 48.5 Å². The van der Waals surface area contributed by atoms with Crippen LogP contribution in [0.5, 0.6) is 5.75 Å². The summed E-state index contributed by atoms with van der Waals surface area (Å²) < 4.78 is 5.57. The van der Waals surface area contributed by atoms with Gasteiger partial charge in [0.25, 0.3) is 0 Å². The third kappa shape index (κ3) is 4.24. The van der Waals surface area contributed by atoms with E-state index in [0.29, 0.717) is 23.8 Å². The van der Waals surface area contributed by atoms with Gasteiger partial charge in [-0.15, -0.1) is 0 Å². The average Bonchev–Trinajstić information content (AvgIpc) is 2.52. The predicted octanol–water partition coefficient (Wildman–Crippen LogP) is 4.11. The Bertz CT molecular complexity index is 692. The van der Waals surface area contributed by atoms with E-state index in [2.05, 4.69) is 6.07 Å². The lowest BCUT2D eigenvalue weighted by atomic mass is 9.96. The highest BCUT2D eigenvalue weighted by Crippen LogP contribution is 2.21. The van der Waals surface area contributed by atoms with Crippen molar-refractivity contribution >= 4 is 17.6 Å². The fourth-order valence-corrected chi connectivity index (χ4v) is 2.20. The standard InChI is InChI=1S/C17H14ClNO3/c18-15-2-1-3-16(10-15)22-9-8-14(11-19)12-4-6-13(7-5-12)17(20)21/h1-7,10,14H,8-9H2,(H,20,21). The average molecular weight is 316 g/mol. The van der Waals surface area contributed by atoms with Gasteiger partial charge in [-0.2, -0.15) is 5.26 Å². The van der Waals surface area contributed by atoms with Crippen molar-refractivity contribution in [2.45, 2.75) is 12.3 Å². The molecule has 0 aliphatic carbocycles. The van der Waals surface area contributed by atoms with E-state index in [1.165, 1.54) is 12.1 Å². The number of carboxylic acids is 1. The van der Waals surface area contributed by atoms with Crippen molar-refractivity contribution in [2.75, 3.05) is 6.61 Å². The summed E-state index contributed by atoms with van der Waals surface area (Å²) in [5.41, 5.74) is 0.984. The third-order valence-corrected chi connectivity index (χ3v) is 3.42. The minimum Gasteiger partial charge on any atom is -0.493 e. The maximum Gasteiger partial charge on any atom is 0.335 e. The number of hydrogen-bond donors (Lipinski definition) is 1. The van der Waals surface area contributed by atoms with E-state index in [1.807, 2.05) is 0 Å². The largest absolute Gasteiger partial charge is 0.493 e. The molecular weight excluding hydrogens is 302 g/mol. The maximum atomic E-state index is 10.8. The first kappa shape index (κ1) is 15.9. The van der Waals surface area contributed by atoms with Crippen molar-refractivity contribution in [3.05, 3.63) is 64.7 Å². The molecule has 0 aromatic heterocycles. The monoisotopic (exact) mass is 315 g/mol. The molecule has 112 valence electrons. The van der Waals surface area contributed by atoms with E-state index in [1.54, 1.807) is 36.4 Å². The van der Waals surface area contributed by atoms with E-state index < -0.39 is 5.97 Å². The number of aromatic carboxylic acids is 1. The molecule has 1 unspecified atom stereocenters. The summed E-state index contributed by atoms with van der Waals surface area (Å²) in [6.45, 7) is 0.374. The Kier molecular flexibility index (Phi) is 5.40. The van der Waals surface area contributed by atoms with Crippen LogP contribution in [0.1, 0.15) is 28.3 Å². The van der Waals surface area contributed by atoms with Gasteiger partial charge >= 0.3 is 5.97 Å². The Morgan fingerprint density at radius 1 is 1.27 bits per heavy atom. The Morgan fingerprint density at radius 3 is 2.59 bits per heavy atom. The van der Waals surface area contributed by atoms with Gasteiger partial charge in [-0.3, -0.25) is 0 Å². The summed E-state index contributed by atoms with van der Waals surface area (Å²) in [5.74, 6) is -0.670. The molecule has 2 aromatic rings. The molecule has 0 spiro atoms. The second-order valence-electron chi connectivity index (χ2n) is 4.70. The molecule has 0 heterocycles. The summed E-state index contributed by atoms with van der Waals surface area (Å²) in [5, 5.41) is 18.7. The van der Waals surface area contributed by atoms with Crippen molar-refractivity contribution in [1.29, 1.82) is 5.26 Å². The van der Waals surface area contributed by atoms with Gasteiger partial charge in [0.1, 0.15) is 5.75 Å². The summed E-state index contributed by atoms with van der Waals surface area (Å²) in [6, 6.07) is 15.6. The number of carboxylic acid groups (broad SMARTS) is 1. The SMILES string of the molecule is N#CC(CCOc1cccc(Cl)c1)c1ccc(C(=O)O)cc1. The number of carbonyl (C=O) groups is 1. The highest BCUT2D eigenvalue weighted by Gasteiger charge is 2.12. The van der Waals surface area contributed by atoms with Gasteiger partial charge in [-0.1, -0.05) is 29.8 Å². The summed E-state index contributed by atoms with van der Waals surface area (Å²) in [4.78, 5) is 10.8. The molecule has 0 aliphatic rings. The molecule has 2 rings (SSSR count). The molecule has 0 fully saturated rings. The van der Waals surface area contributed by atoms with Crippen LogP contribution in [-0.2, 0) is 0 Å². The third-order valence-electron chi connectivity index (χ3n) is 3.19. The molecule has 0 aliphatic heterocycles. The number of nitriles is 1. The van der Waals surface area contributed by atoms with E-state index >= 15 is 0 Å². The van der Waals surface area contributed by atoms with E-state index in [9.17, 15) is 10.1 Å². The van der Waals surface area contributed by atoms with Crippen LogP contribution in [0, 0.1) is 11.3 Å². The number of rotatable bonds is 6. The molecule has 0 bridgehead atoms. The fourth-order valence-electron chi connectivity index (χ4n) is 2.02. The molecule has 0 saturated carbocycles. The van der Waals surface area contributed by atoms with Crippen molar-refractivity contribution < 1.29 is 14.6 Å². The zero-order chi connectivity index (χ0) is 15.9. The molecule has 2 aromatic carbocycles. The number of ether oxygens (including phenoxy) is 1. The predicted molar refractivity (Wildman–Crippen MR) is 83.3 cm³/mol. The molecule has 0 saturated heterocycles. The van der Waals surface area contributed by atoms with E-state index in [-0.39, 0.29) is 11.5 Å². The van der Waals surface area contributed by atoms with E-state index in [0.717, 1.165) is 5.56 Å². The zero-order valence-corrected chi connectivity index (χ0v) is 12.5. The van der Waals surface area contributed by atoms with Gasteiger partial charge in [0.15, 0.2) is 0 Å². The first-order valence-electron chi connectivity index (χ1n) is 6.71. The minimum absolute atomic E-state index is 0.204. The first-order chi connectivity index (χ1) is 10.6. The highest BCUT2D eigenvalue weighted by molar-refractivity contribution is 6.30. The topological polar surface area (TPSA) is 70.3 Å². The second kappa shape index (κ2) is 7.48. The smallest absolute Gasteiger partial charge is 0.335 e. The van der Waals surface area contributed by atoms with Crippen molar-refractivity contribution in [2.24, 2.45) is 0 Å². The summed E-state index contributed by atoms with van der Waals surface area (Å²) in [7, 11) is 0. The Hall–Kier alpha value is -2.51. The van der Waals surface area contributed by atoms with Crippen LogP contribution in [0.2, 0.25) is 5.02 Å². The van der Waals surface area contributed by atoms with Crippen LogP contribution in [-0.4, -0.2) is 17.7 Å².